The molecule has 0 saturated carbocycles. The van der Waals surface area contributed by atoms with E-state index < -0.39 is 0 Å². The van der Waals surface area contributed by atoms with E-state index in [0.29, 0.717) is 26.1 Å². The summed E-state index contributed by atoms with van der Waals surface area (Å²) in [5.74, 6) is -0.0832. The zero-order valence-electron chi connectivity index (χ0n) is 14.6. The number of para-hydroxylation sites is 1. The number of nitrogens with zero attached hydrogens (tertiary/aromatic N) is 1. The number of aryl methyl sites for hydroxylation is 2. The van der Waals surface area contributed by atoms with Gasteiger partial charge in [-0.15, -0.1) is 0 Å². The molecule has 0 spiro atoms. The average molecular weight is 320 g/mol. The van der Waals surface area contributed by atoms with Crippen molar-refractivity contribution < 1.29 is 14.3 Å². The van der Waals surface area contributed by atoms with E-state index in [9.17, 15) is 9.59 Å². The number of anilines is 1. The van der Waals surface area contributed by atoms with Gasteiger partial charge in [-0.25, -0.2) is 0 Å². The van der Waals surface area contributed by atoms with Crippen molar-refractivity contribution in [1.29, 1.82) is 0 Å². The Labute approximate surface area is 139 Å². The van der Waals surface area contributed by atoms with E-state index in [-0.39, 0.29) is 11.8 Å². The molecule has 0 aliphatic carbocycles. The number of hydrogen-bond donors (Lipinski definition) is 1. The monoisotopic (exact) mass is 320 g/mol. The van der Waals surface area contributed by atoms with Gasteiger partial charge in [-0.1, -0.05) is 25.1 Å². The Morgan fingerprint density at radius 3 is 2.65 bits per heavy atom. The van der Waals surface area contributed by atoms with Crippen LogP contribution in [0.5, 0.6) is 0 Å². The minimum atomic E-state index is -0.0426. The van der Waals surface area contributed by atoms with Crippen LogP contribution in [0.2, 0.25) is 0 Å². The standard InChI is InChI=1S/C18H28N2O3/c1-5-16-9-6-8-14(2)18(16)20(15(3)21)12-10-17(22)19-11-7-13-23-4/h6,8-9H,5,7,10-13H2,1-4H3,(H,19,22). The number of benzene rings is 1. The summed E-state index contributed by atoms with van der Waals surface area (Å²) in [7, 11) is 1.64. The zero-order chi connectivity index (χ0) is 17.2. The summed E-state index contributed by atoms with van der Waals surface area (Å²) in [5.41, 5.74) is 3.12. The minimum absolute atomic E-state index is 0.0406. The van der Waals surface area contributed by atoms with Crippen LogP contribution in [0.15, 0.2) is 18.2 Å². The highest BCUT2D eigenvalue weighted by Gasteiger charge is 2.18. The normalized spacial score (nSPS) is 10.4. The van der Waals surface area contributed by atoms with Crippen LogP contribution in [0.3, 0.4) is 0 Å². The van der Waals surface area contributed by atoms with Gasteiger partial charge < -0.3 is 15.0 Å². The van der Waals surface area contributed by atoms with Gasteiger partial charge in [0.1, 0.15) is 0 Å². The number of carbonyl (C=O) groups is 2. The lowest BCUT2D eigenvalue weighted by atomic mass is 10.0. The van der Waals surface area contributed by atoms with Gasteiger partial charge in [0, 0.05) is 45.8 Å². The average Bonchev–Trinajstić information content (AvgIpc) is 2.52. The third kappa shape index (κ3) is 6.02. The van der Waals surface area contributed by atoms with Crippen molar-refractivity contribution in [2.24, 2.45) is 0 Å². The Morgan fingerprint density at radius 2 is 2.04 bits per heavy atom. The van der Waals surface area contributed by atoms with Gasteiger partial charge in [0.05, 0.1) is 0 Å². The fourth-order valence-electron chi connectivity index (χ4n) is 2.56. The summed E-state index contributed by atoms with van der Waals surface area (Å²) in [6.45, 7) is 7.22. The molecule has 0 atom stereocenters. The first kappa shape index (κ1) is 19.2. The number of methoxy groups -OCH3 is 1. The summed E-state index contributed by atoms with van der Waals surface area (Å²) in [6.07, 6.45) is 1.94. The second-order valence-corrected chi connectivity index (χ2v) is 5.55. The molecule has 1 aromatic carbocycles. The van der Waals surface area contributed by atoms with Crippen LogP contribution in [0, 0.1) is 6.92 Å². The van der Waals surface area contributed by atoms with E-state index in [4.69, 9.17) is 4.74 Å². The molecular weight excluding hydrogens is 292 g/mol. The largest absolute Gasteiger partial charge is 0.385 e. The van der Waals surface area contributed by atoms with Crippen LogP contribution in [0.1, 0.15) is 37.8 Å². The zero-order valence-corrected chi connectivity index (χ0v) is 14.6. The van der Waals surface area contributed by atoms with Crippen molar-refractivity contribution in [3.63, 3.8) is 0 Å². The highest BCUT2D eigenvalue weighted by atomic mass is 16.5. The van der Waals surface area contributed by atoms with Crippen molar-refractivity contribution in [3.8, 4) is 0 Å². The Kier molecular flexibility index (Phi) is 8.33. The summed E-state index contributed by atoms with van der Waals surface area (Å²) >= 11 is 0. The van der Waals surface area contributed by atoms with E-state index in [0.717, 1.165) is 29.7 Å². The summed E-state index contributed by atoms with van der Waals surface area (Å²) in [6, 6.07) is 6.02. The molecule has 0 fully saturated rings. The second kappa shape index (κ2) is 10.0. The van der Waals surface area contributed by atoms with Crippen LogP contribution in [-0.4, -0.2) is 38.6 Å². The number of hydrogen-bond acceptors (Lipinski definition) is 3. The van der Waals surface area contributed by atoms with E-state index in [2.05, 4.69) is 12.2 Å². The molecule has 5 nitrogen and oxygen atoms in total. The van der Waals surface area contributed by atoms with Crippen molar-refractivity contribution >= 4 is 17.5 Å². The van der Waals surface area contributed by atoms with Crippen molar-refractivity contribution in [2.75, 3.05) is 31.7 Å². The molecule has 0 saturated heterocycles. The molecule has 23 heavy (non-hydrogen) atoms. The molecule has 0 aliphatic rings. The topological polar surface area (TPSA) is 58.6 Å². The van der Waals surface area contributed by atoms with E-state index in [1.165, 1.54) is 0 Å². The van der Waals surface area contributed by atoms with Crippen molar-refractivity contribution in [1.82, 2.24) is 5.32 Å². The number of ether oxygens (including phenoxy) is 1. The minimum Gasteiger partial charge on any atom is -0.385 e. The van der Waals surface area contributed by atoms with Crippen molar-refractivity contribution in [2.45, 2.75) is 40.0 Å². The first-order valence-electron chi connectivity index (χ1n) is 8.13. The smallest absolute Gasteiger partial charge is 0.223 e. The molecule has 1 N–H and O–H groups in total. The molecule has 0 radical (unpaired) electrons. The third-order valence-corrected chi connectivity index (χ3v) is 3.76. The maximum Gasteiger partial charge on any atom is 0.223 e. The Morgan fingerprint density at radius 1 is 1.30 bits per heavy atom. The molecule has 1 rings (SSSR count). The SMILES string of the molecule is CCc1cccc(C)c1N(CCC(=O)NCCCOC)C(C)=O. The third-order valence-electron chi connectivity index (χ3n) is 3.76. The highest BCUT2D eigenvalue weighted by molar-refractivity contribution is 5.94. The first-order chi connectivity index (χ1) is 11.0. The first-order valence-corrected chi connectivity index (χ1v) is 8.13. The second-order valence-electron chi connectivity index (χ2n) is 5.55. The summed E-state index contributed by atoms with van der Waals surface area (Å²) < 4.78 is 4.95. The number of amides is 2. The Hall–Kier alpha value is -1.88. The molecule has 5 heteroatoms. The molecule has 0 bridgehead atoms. The van der Waals surface area contributed by atoms with Crippen LogP contribution in [0.4, 0.5) is 5.69 Å². The van der Waals surface area contributed by atoms with Gasteiger partial charge in [-0.3, -0.25) is 9.59 Å². The molecule has 1 aromatic rings. The van der Waals surface area contributed by atoms with Gasteiger partial charge >= 0.3 is 0 Å². The fourth-order valence-corrected chi connectivity index (χ4v) is 2.56. The van der Waals surface area contributed by atoms with Gasteiger partial charge in [0.2, 0.25) is 11.8 Å². The maximum absolute atomic E-state index is 12.1. The fraction of sp³-hybridized carbons (Fsp3) is 0.556. The quantitative estimate of drug-likeness (QED) is 0.711. The van der Waals surface area contributed by atoms with E-state index >= 15 is 0 Å². The van der Waals surface area contributed by atoms with E-state index in [1.807, 2.05) is 25.1 Å². The summed E-state index contributed by atoms with van der Waals surface area (Å²) in [4.78, 5) is 25.7. The lowest BCUT2D eigenvalue weighted by molar-refractivity contribution is -0.121. The Balaban J connectivity index is 2.70. The van der Waals surface area contributed by atoms with E-state index in [1.54, 1.807) is 18.9 Å². The van der Waals surface area contributed by atoms with Crippen LogP contribution in [-0.2, 0) is 20.7 Å². The Bertz CT molecular complexity index is 529. The highest BCUT2D eigenvalue weighted by Crippen LogP contribution is 2.26. The van der Waals surface area contributed by atoms with Gasteiger partial charge in [-0.2, -0.15) is 0 Å². The molecular formula is C18H28N2O3. The molecule has 0 unspecified atom stereocenters. The van der Waals surface area contributed by atoms with Crippen LogP contribution in [0.25, 0.3) is 0 Å². The lowest BCUT2D eigenvalue weighted by Gasteiger charge is -2.25. The molecule has 128 valence electrons. The maximum atomic E-state index is 12.1. The van der Waals surface area contributed by atoms with Gasteiger partial charge in [0.15, 0.2) is 0 Å². The number of carbonyl (C=O) groups excluding carboxylic acids is 2. The number of rotatable bonds is 9. The van der Waals surface area contributed by atoms with Crippen molar-refractivity contribution in [3.05, 3.63) is 29.3 Å². The van der Waals surface area contributed by atoms with Crippen LogP contribution >= 0.6 is 0 Å². The molecule has 0 aromatic heterocycles. The molecule has 0 heterocycles. The molecule has 2 amide bonds. The predicted molar refractivity (Wildman–Crippen MR) is 92.7 cm³/mol. The number of nitrogens with one attached hydrogen (secondary N) is 1. The summed E-state index contributed by atoms with van der Waals surface area (Å²) in [5, 5.41) is 2.85. The van der Waals surface area contributed by atoms with Gasteiger partial charge in [0.25, 0.3) is 0 Å². The lowest BCUT2D eigenvalue weighted by Crippen LogP contribution is -2.35. The predicted octanol–water partition coefficient (Wildman–Crippen LogP) is 2.45. The molecule has 0 aliphatic heterocycles. The van der Waals surface area contributed by atoms with Crippen LogP contribution < -0.4 is 10.2 Å². The van der Waals surface area contributed by atoms with Gasteiger partial charge in [-0.05, 0) is 30.9 Å².